The van der Waals surface area contributed by atoms with Crippen molar-refractivity contribution in [3.05, 3.63) is 11.8 Å². The Bertz CT molecular complexity index is 136. The smallest absolute Gasteiger partial charge is 0.0896 e. The molecule has 0 aliphatic carbocycles. The highest BCUT2D eigenvalue weighted by Crippen LogP contribution is 2.11. The summed E-state index contributed by atoms with van der Waals surface area (Å²) in [6, 6.07) is 0. The third-order valence-electron chi connectivity index (χ3n) is 1.99. The highest BCUT2D eigenvalue weighted by molar-refractivity contribution is 4.96. The molecule has 1 nitrogen and oxygen atoms in total. The maximum atomic E-state index is 5.48. The second-order valence-electron chi connectivity index (χ2n) is 3.96. The molecule has 0 saturated carbocycles. The maximum absolute atomic E-state index is 5.48. The fourth-order valence-corrected chi connectivity index (χ4v) is 1.08. The quantitative estimate of drug-likeness (QED) is 0.540. The van der Waals surface area contributed by atoms with Crippen molar-refractivity contribution in [2.24, 2.45) is 5.92 Å². The Morgan fingerprint density at radius 1 is 1.31 bits per heavy atom. The molecule has 0 rings (SSSR count). The molecule has 0 aromatic carbocycles. The molecule has 0 radical (unpaired) electrons. The zero-order valence-electron chi connectivity index (χ0n) is 9.60. The number of unbranched alkanes of at least 4 members (excludes halogenated alkanes) is 1. The first-order valence-corrected chi connectivity index (χ1v) is 5.50. The van der Waals surface area contributed by atoms with Gasteiger partial charge in [0, 0.05) is 0 Å². The average Bonchev–Trinajstić information content (AvgIpc) is 2.10. The summed E-state index contributed by atoms with van der Waals surface area (Å²) in [6.07, 6.45) is 6.84. The van der Waals surface area contributed by atoms with Gasteiger partial charge >= 0.3 is 0 Å². The molecule has 0 fully saturated rings. The van der Waals surface area contributed by atoms with Crippen LogP contribution in [0.15, 0.2) is 11.8 Å². The van der Waals surface area contributed by atoms with Crippen molar-refractivity contribution in [3.63, 3.8) is 0 Å². The van der Waals surface area contributed by atoms with Crippen molar-refractivity contribution in [2.75, 3.05) is 6.61 Å². The monoisotopic (exact) mass is 184 g/mol. The van der Waals surface area contributed by atoms with Gasteiger partial charge in [-0.05, 0) is 30.8 Å². The summed E-state index contributed by atoms with van der Waals surface area (Å²) in [4.78, 5) is 0. The molecular formula is C12H24O. The molecule has 0 aliphatic rings. The molecule has 0 amide bonds. The van der Waals surface area contributed by atoms with Gasteiger partial charge in [0.1, 0.15) is 0 Å². The Balaban J connectivity index is 3.64. The molecule has 0 aromatic heterocycles. The summed E-state index contributed by atoms with van der Waals surface area (Å²) >= 11 is 0. The molecule has 0 aromatic rings. The van der Waals surface area contributed by atoms with E-state index in [0.29, 0.717) is 5.92 Å². The Hall–Kier alpha value is -0.460. The van der Waals surface area contributed by atoms with Gasteiger partial charge in [0.2, 0.25) is 0 Å². The Kier molecular flexibility index (Phi) is 7.86. The largest absolute Gasteiger partial charge is 0.501 e. The van der Waals surface area contributed by atoms with E-state index in [1.165, 1.54) is 24.8 Å². The van der Waals surface area contributed by atoms with Gasteiger partial charge in [-0.3, -0.25) is 0 Å². The zero-order valence-corrected chi connectivity index (χ0v) is 9.60. The van der Waals surface area contributed by atoms with Crippen LogP contribution in [0.2, 0.25) is 0 Å². The lowest BCUT2D eigenvalue weighted by Crippen LogP contribution is -1.97. The Labute approximate surface area is 83.2 Å². The molecule has 13 heavy (non-hydrogen) atoms. The van der Waals surface area contributed by atoms with E-state index in [-0.39, 0.29) is 0 Å². The van der Waals surface area contributed by atoms with Gasteiger partial charge in [-0.15, -0.1) is 0 Å². The van der Waals surface area contributed by atoms with E-state index in [1.807, 2.05) is 6.26 Å². The van der Waals surface area contributed by atoms with Crippen LogP contribution in [0.1, 0.15) is 53.4 Å². The second-order valence-corrected chi connectivity index (χ2v) is 3.96. The van der Waals surface area contributed by atoms with Crippen molar-refractivity contribution >= 4 is 0 Å². The van der Waals surface area contributed by atoms with Crippen LogP contribution < -0.4 is 0 Å². The van der Waals surface area contributed by atoms with E-state index in [9.17, 15) is 0 Å². The predicted molar refractivity (Wildman–Crippen MR) is 58.7 cm³/mol. The molecule has 0 aliphatic heterocycles. The van der Waals surface area contributed by atoms with Crippen molar-refractivity contribution in [1.29, 1.82) is 0 Å². The maximum Gasteiger partial charge on any atom is 0.0896 e. The normalized spacial score (nSPS) is 12.2. The average molecular weight is 184 g/mol. The van der Waals surface area contributed by atoms with E-state index in [0.717, 1.165) is 13.0 Å². The van der Waals surface area contributed by atoms with Crippen molar-refractivity contribution in [2.45, 2.75) is 53.4 Å². The molecule has 1 heteroatoms. The van der Waals surface area contributed by atoms with Crippen LogP contribution in [0, 0.1) is 5.92 Å². The van der Waals surface area contributed by atoms with Gasteiger partial charge in [-0.25, -0.2) is 0 Å². The molecule has 0 atom stereocenters. The number of hydrogen-bond donors (Lipinski definition) is 0. The van der Waals surface area contributed by atoms with Crippen LogP contribution in [0.4, 0.5) is 0 Å². The molecule has 0 saturated heterocycles. The molecule has 78 valence electrons. The fraction of sp³-hybridized carbons (Fsp3) is 0.833. The van der Waals surface area contributed by atoms with E-state index in [2.05, 4.69) is 27.7 Å². The van der Waals surface area contributed by atoms with Gasteiger partial charge in [-0.2, -0.15) is 0 Å². The van der Waals surface area contributed by atoms with E-state index in [1.54, 1.807) is 0 Å². The molecule has 0 heterocycles. The second kappa shape index (κ2) is 8.15. The lowest BCUT2D eigenvalue weighted by atomic mass is 10.1. The lowest BCUT2D eigenvalue weighted by molar-refractivity contribution is 0.208. The highest BCUT2D eigenvalue weighted by Gasteiger charge is 1.95. The summed E-state index contributed by atoms with van der Waals surface area (Å²) in [7, 11) is 0. The highest BCUT2D eigenvalue weighted by atomic mass is 16.5. The summed E-state index contributed by atoms with van der Waals surface area (Å²) in [5, 5.41) is 0. The van der Waals surface area contributed by atoms with Crippen LogP contribution in [-0.4, -0.2) is 6.61 Å². The number of ether oxygens (including phenoxy) is 1. The minimum Gasteiger partial charge on any atom is -0.501 e. The summed E-state index contributed by atoms with van der Waals surface area (Å²) in [5.41, 5.74) is 1.45. The van der Waals surface area contributed by atoms with Crippen molar-refractivity contribution in [1.82, 2.24) is 0 Å². The standard InChI is InChI=1S/C12H24O/c1-5-7-8-12(6-2)10-13-9-11(3)4/h10-11H,5-9H2,1-4H3. The van der Waals surface area contributed by atoms with Gasteiger partial charge in [-0.1, -0.05) is 34.1 Å². The Morgan fingerprint density at radius 2 is 2.00 bits per heavy atom. The minimum atomic E-state index is 0.625. The van der Waals surface area contributed by atoms with E-state index in [4.69, 9.17) is 4.74 Å². The van der Waals surface area contributed by atoms with Gasteiger partial charge in [0.25, 0.3) is 0 Å². The number of hydrogen-bond acceptors (Lipinski definition) is 1. The van der Waals surface area contributed by atoms with E-state index >= 15 is 0 Å². The SMILES string of the molecule is CCCCC(=COCC(C)C)CC. The lowest BCUT2D eigenvalue weighted by Gasteiger charge is -2.07. The van der Waals surface area contributed by atoms with Crippen LogP contribution in [0.25, 0.3) is 0 Å². The molecule has 0 spiro atoms. The van der Waals surface area contributed by atoms with Crippen molar-refractivity contribution < 1.29 is 4.74 Å². The predicted octanol–water partition coefficient (Wildman–Crippen LogP) is 4.14. The topological polar surface area (TPSA) is 9.23 Å². The molecule has 0 N–H and O–H groups in total. The van der Waals surface area contributed by atoms with Gasteiger partial charge < -0.3 is 4.74 Å². The minimum absolute atomic E-state index is 0.625. The van der Waals surface area contributed by atoms with Crippen LogP contribution in [-0.2, 0) is 4.74 Å². The molecule has 0 unspecified atom stereocenters. The summed E-state index contributed by atoms with van der Waals surface area (Å²) < 4.78 is 5.48. The van der Waals surface area contributed by atoms with Gasteiger partial charge in [0.05, 0.1) is 12.9 Å². The zero-order chi connectivity index (χ0) is 10.1. The third-order valence-corrected chi connectivity index (χ3v) is 1.99. The summed E-state index contributed by atoms with van der Waals surface area (Å²) in [5.74, 6) is 0.625. The first kappa shape index (κ1) is 12.5. The van der Waals surface area contributed by atoms with Crippen LogP contribution in [0.3, 0.4) is 0 Å². The Morgan fingerprint density at radius 3 is 2.46 bits per heavy atom. The first-order chi connectivity index (χ1) is 6.20. The summed E-state index contributed by atoms with van der Waals surface area (Å²) in [6.45, 7) is 9.61. The first-order valence-electron chi connectivity index (χ1n) is 5.50. The number of allylic oxidation sites excluding steroid dienone is 1. The van der Waals surface area contributed by atoms with Crippen LogP contribution >= 0.6 is 0 Å². The fourth-order valence-electron chi connectivity index (χ4n) is 1.08. The molecule has 0 bridgehead atoms. The van der Waals surface area contributed by atoms with E-state index < -0.39 is 0 Å². The third kappa shape index (κ3) is 7.89. The van der Waals surface area contributed by atoms with Crippen LogP contribution in [0.5, 0.6) is 0 Å². The molecular weight excluding hydrogens is 160 g/mol. The number of rotatable bonds is 7. The van der Waals surface area contributed by atoms with Gasteiger partial charge in [0.15, 0.2) is 0 Å². The van der Waals surface area contributed by atoms with Crippen molar-refractivity contribution in [3.8, 4) is 0 Å².